The van der Waals surface area contributed by atoms with Gasteiger partial charge < -0.3 is 14.7 Å². The number of ether oxygens (including phenoxy) is 1. The zero-order chi connectivity index (χ0) is 22.6. The van der Waals surface area contributed by atoms with Crippen LogP contribution in [0.25, 0.3) is 0 Å². The van der Waals surface area contributed by atoms with Crippen LogP contribution in [0.15, 0.2) is 23.1 Å². The van der Waals surface area contributed by atoms with E-state index in [1.165, 1.54) is 17.3 Å². The molecule has 0 aromatic heterocycles. The van der Waals surface area contributed by atoms with Gasteiger partial charge in [0, 0.05) is 44.0 Å². The number of benzene rings is 1. The zero-order valence-electron chi connectivity index (χ0n) is 18.5. The normalized spacial score (nSPS) is 22.0. The van der Waals surface area contributed by atoms with Crippen LogP contribution in [-0.2, 0) is 14.8 Å². The van der Waals surface area contributed by atoms with E-state index in [1.54, 1.807) is 31.0 Å². The number of hydrogen-bond acceptors (Lipinski definition) is 5. The molecule has 0 saturated heterocycles. The van der Waals surface area contributed by atoms with Crippen LogP contribution in [0.1, 0.15) is 40.2 Å². The molecule has 1 aromatic carbocycles. The number of aliphatic hydroxyl groups is 1. The third-order valence-corrected chi connectivity index (χ3v) is 7.18. The van der Waals surface area contributed by atoms with Gasteiger partial charge >= 0.3 is 0 Å². The average molecular weight is 437 g/mol. The van der Waals surface area contributed by atoms with Gasteiger partial charge in [0.15, 0.2) is 0 Å². The predicted molar refractivity (Wildman–Crippen MR) is 115 cm³/mol. The number of sulfonamides is 1. The number of carbonyl (C=O) groups is 1. The number of carbonyl (C=O) groups excluding carboxylic acids is 1. The first-order valence-corrected chi connectivity index (χ1v) is 11.6. The van der Waals surface area contributed by atoms with Crippen molar-refractivity contribution in [2.45, 2.75) is 51.7 Å². The van der Waals surface area contributed by atoms with Crippen molar-refractivity contribution in [2.24, 2.45) is 11.8 Å². The van der Waals surface area contributed by atoms with E-state index in [2.05, 4.69) is 11.8 Å². The van der Waals surface area contributed by atoms with E-state index >= 15 is 0 Å². The molecule has 0 saturated carbocycles. The maximum atomic E-state index is 13.4. The number of likely N-dealkylation sites (N-methyl/N-ethyl adjacent to an activating group) is 1. The maximum Gasteiger partial charge on any atom is 0.247 e. The fourth-order valence-corrected chi connectivity index (χ4v) is 4.97. The molecule has 1 N–H and O–H groups in total. The maximum absolute atomic E-state index is 13.4. The van der Waals surface area contributed by atoms with Crippen LogP contribution in [0.2, 0.25) is 0 Å². The highest BCUT2D eigenvalue weighted by molar-refractivity contribution is 7.89. The molecule has 0 spiro atoms. The summed E-state index contributed by atoms with van der Waals surface area (Å²) < 4.78 is 34.2. The standard InChI is InChI=1S/C22H32N2O5S/c1-15(2)7-8-19-9-10-22-20(11-19)29-21(13-23(6)18(5)26)16(3)12-24(17(4)14-25)30(22,27)28/h9-11,15-17,21,25H,12-14H2,1-6H3/t16-,17-,21-/m0/s1. The number of rotatable bonds is 4. The monoisotopic (exact) mass is 436 g/mol. The molecule has 30 heavy (non-hydrogen) atoms. The summed E-state index contributed by atoms with van der Waals surface area (Å²) in [5.41, 5.74) is 0.659. The van der Waals surface area contributed by atoms with Crippen molar-refractivity contribution in [2.75, 3.05) is 26.7 Å². The Bertz CT molecular complexity index is 933. The van der Waals surface area contributed by atoms with Crippen molar-refractivity contribution in [3.8, 4) is 17.6 Å². The molecule has 8 heteroatoms. The highest BCUT2D eigenvalue weighted by Gasteiger charge is 2.38. The Labute approximate surface area is 180 Å². The summed E-state index contributed by atoms with van der Waals surface area (Å²) in [6, 6.07) is 4.23. The van der Waals surface area contributed by atoms with E-state index < -0.39 is 22.2 Å². The molecule has 1 aliphatic rings. The molecule has 0 unspecified atom stereocenters. The number of fused-ring (bicyclic) bond motifs is 1. The Morgan fingerprint density at radius 3 is 2.60 bits per heavy atom. The summed E-state index contributed by atoms with van der Waals surface area (Å²) in [4.78, 5) is 13.4. The van der Waals surface area contributed by atoms with Crippen LogP contribution in [0, 0.1) is 23.7 Å². The Morgan fingerprint density at radius 2 is 2.03 bits per heavy atom. The third kappa shape index (κ3) is 5.54. The zero-order valence-corrected chi connectivity index (χ0v) is 19.4. The first-order chi connectivity index (χ1) is 14.0. The van der Waals surface area contributed by atoms with Crippen molar-refractivity contribution >= 4 is 15.9 Å². The Hall–Kier alpha value is -2.08. The number of amides is 1. The van der Waals surface area contributed by atoms with Gasteiger partial charge in [0.25, 0.3) is 0 Å². The quantitative estimate of drug-likeness (QED) is 0.729. The molecule has 1 aliphatic heterocycles. The molecular formula is C22H32N2O5S. The molecule has 166 valence electrons. The van der Waals surface area contributed by atoms with Gasteiger partial charge in [-0.2, -0.15) is 4.31 Å². The van der Waals surface area contributed by atoms with Crippen molar-refractivity contribution in [3.05, 3.63) is 23.8 Å². The summed E-state index contributed by atoms with van der Waals surface area (Å²) in [5, 5.41) is 9.66. The summed E-state index contributed by atoms with van der Waals surface area (Å²) >= 11 is 0. The summed E-state index contributed by atoms with van der Waals surface area (Å²) in [6.45, 7) is 9.19. The van der Waals surface area contributed by atoms with E-state index in [9.17, 15) is 18.3 Å². The minimum atomic E-state index is -3.88. The molecule has 7 nitrogen and oxygen atoms in total. The summed E-state index contributed by atoms with van der Waals surface area (Å²) in [5.74, 6) is 6.19. The van der Waals surface area contributed by atoms with Gasteiger partial charge in [-0.1, -0.05) is 32.6 Å². The van der Waals surface area contributed by atoms with Crippen LogP contribution in [-0.4, -0.2) is 67.5 Å². The molecular weight excluding hydrogens is 404 g/mol. The highest BCUT2D eigenvalue weighted by atomic mass is 32.2. The minimum absolute atomic E-state index is 0.0419. The van der Waals surface area contributed by atoms with Gasteiger partial charge in [0.2, 0.25) is 15.9 Å². The molecule has 3 atom stereocenters. The first-order valence-electron chi connectivity index (χ1n) is 10.1. The van der Waals surface area contributed by atoms with Gasteiger partial charge in [0.1, 0.15) is 16.7 Å². The Morgan fingerprint density at radius 1 is 1.37 bits per heavy atom. The van der Waals surface area contributed by atoms with Crippen LogP contribution < -0.4 is 4.74 Å². The van der Waals surface area contributed by atoms with E-state index in [0.717, 1.165) is 0 Å². The van der Waals surface area contributed by atoms with Gasteiger partial charge in [-0.15, -0.1) is 0 Å². The molecule has 1 heterocycles. The van der Waals surface area contributed by atoms with Gasteiger partial charge in [-0.05, 0) is 25.1 Å². The van der Waals surface area contributed by atoms with Crippen molar-refractivity contribution < 1.29 is 23.1 Å². The second-order valence-corrected chi connectivity index (χ2v) is 10.1. The fourth-order valence-electron chi connectivity index (χ4n) is 3.15. The molecule has 0 aliphatic carbocycles. The van der Waals surface area contributed by atoms with E-state index in [4.69, 9.17) is 4.74 Å². The lowest BCUT2D eigenvalue weighted by Gasteiger charge is -2.37. The fraction of sp³-hybridized carbons (Fsp3) is 0.591. The van der Waals surface area contributed by atoms with E-state index in [1.807, 2.05) is 20.8 Å². The van der Waals surface area contributed by atoms with Gasteiger partial charge in [0.05, 0.1) is 13.2 Å². The minimum Gasteiger partial charge on any atom is -0.487 e. The van der Waals surface area contributed by atoms with Crippen LogP contribution in [0.3, 0.4) is 0 Å². The van der Waals surface area contributed by atoms with Crippen molar-refractivity contribution in [1.29, 1.82) is 0 Å². The van der Waals surface area contributed by atoms with Crippen LogP contribution in [0.4, 0.5) is 0 Å². The molecule has 0 fully saturated rings. The van der Waals surface area contributed by atoms with E-state index in [0.29, 0.717) is 12.1 Å². The topological polar surface area (TPSA) is 87.2 Å². The number of aliphatic hydroxyl groups excluding tert-OH is 1. The number of hydrogen-bond donors (Lipinski definition) is 1. The second kappa shape index (κ2) is 9.82. The van der Waals surface area contributed by atoms with Crippen molar-refractivity contribution in [3.63, 3.8) is 0 Å². The SMILES string of the molecule is CC(=O)N(C)C[C@@H]1Oc2cc(C#CC(C)C)ccc2S(=O)(=O)N([C@@H](C)CO)C[C@@H]1C. The first kappa shape index (κ1) is 24.2. The molecule has 1 amide bonds. The van der Waals surface area contributed by atoms with E-state index in [-0.39, 0.29) is 41.5 Å². The molecule has 1 aromatic rings. The third-order valence-electron chi connectivity index (χ3n) is 5.16. The summed E-state index contributed by atoms with van der Waals surface area (Å²) in [6.07, 6.45) is -0.421. The van der Waals surface area contributed by atoms with Gasteiger partial charge in [-0.25, -0.2) is 8.42 Å². The van der Waals surface area contributed by atoms with Crippen LogP contribution in [0.5, 0.6) is 5.75 Å². The summed E-state index contributed by atoms with van der Waals surface area (Å²) in [7, 11) is -2.20. The lowest BCUT2D eigenvalue weighted by molar-refractivity contribution is -0.129. The highest BCUT2D eigenvalue weighted by Crippen LogP contribution is 2.34. The largest absolute Gasteiger partial charge is 0.487 e. The Kier molecular flexibility index (Phi) is 7.92. The second-order valence-electron chi connectivity index (χ2n) is 8.22. The lowest BCUT2D eigenvalue weighted by atomic mass is 10.0. The average Bonchev–Trinajstić information content (AvgIpc) is 2.68. The number of nitrogens with zero attached hydrogens (tertiary/aromatic N) is 2. The lowest BCUT2D eigenvalue weighted by Crippen LogP contribution is -2.50. The molecule has 2 rings (SSSR count). The smallest absolute Gasteiger partial charge is 0.247 e. The predicted octanol–water partition coefficient (Wildman–Crippen LogP) is 1.94. The van der Waals surface area contributed by atoms with Crippen molar-refractivity contribution in [1.82, 2.24) is 9.21 Å². The van der Waals surface area contributed by atoms with Gasteiger partial charge in [-0.3, -0.25) is 4.79 Å². The molecule has 0 radical (unpaired) electrons. The molecule has 0 bridgehead atoms. The Balaban J connectivity index is 2.60. The van der Waals surface area contributed by atoms with Crippen LogP contribution >= 0.6 is 0 Å².